The van der Waals surface area contributed by atoms with E-state index in [9.17, 15) is 0 Å². The maximum atomic E-state index is 4.77. The predicted molar refractivity (Wildman–Crippen MR) is 199 cm³/mol. The van der Waals surface area contributed by atoms with Crippen molar-refractivity contribution >= 4 is 34.0 Å². The third-order valence-electron chi connectivity index (χ3n) is 8.19. The van der Waals surface area contributed by atoms with Crippen molar-refractivity contribution in [3.63, 3.8) is 0 Å². The fourth-order valence-electron chi connectivity index (χ4n) is 5.43. The van der Waals surface area contributed by atoms with Crippen LogP contribution in [0.1, 0.15) is 149 Å². The van der Waals surface area contributed by atoms with Crippen LogP contribution in [0.3, 0.4) is 0 Å². The summed E-state index contributed by atoms with van der Waals surface area (Å²) in [6.45, 7) is 8.72. The molecule has 2 heterocycles. The van der Waals surface area contributed by atoms with E-state index in [1.807, 2.05) is 0 Å². The van der Waals surface area contributed by atoms with Crippen molar-refractivity contribution < 1.29 is 0 Å². The monoisotopic (exact) mass is 724 g/mol. The number of aromatic nitrogens is 2. The molecule has 4 nitrogen and oxygen atoms in total. The molecule has 0 saturated carbocycles. The quantitative estimate of drug-likeness (QED) is 0.0866. The molecular formula is C37H66Br2N4. The molecule has 0 N–H and O–H groups in total. The van der Waals surface area contributed by atoms with Crippen molar-refractivity contribution in [3.8, 4) is 0 Å². The van der Waals surface area contributed by atoms with E-state index < -0.39 is 0 Å². The number of rotatable bonds is 26. The summed E-state index contributed by atoms with van der Waals surface area (Å²) < 4.78 is 4.62. The first-order chi connectivity index (χ1) is 20.3. The Hall–Kier alpha value is -1.14. The van der Waals surface area contributed by atoms with Gasteiger partial charge in [-0.15, -0.1) is 34.0 Å². The van der Waals surface area contributed by atoms with Crippen LogP contribution in [-0.2, 0) is 13.1 Å². The van der Waals surface area contributed by atoms with Crippen LogP contribution in [0.15, 0.2) is 59.0 Å². The maximum absolute atomic E-state index is 4.77. The first-order valence-electron chi connectivity index (χ1n) is 17.6. The van der Waals surface area contributed by atoms with Gasteiger partial charge in [0.1, 0.15) is 0 Å². The van der Waals surface area contributed by atoms with Gasteiger partial charge in [-0.2, -0.15) is 0 Å². The van der Waals surface area contributed by atoms with Gasteiger partial charge in [-0.25, -0.2) is 0 Å². The molecule has 43 heavy (non-hydrogen) atoms. The molecular weight excluding hydrogens is 660 g/mol. The van der Waals surface area contributed by atoms with Crippen molar-refractivity contribution in [1.82, 2.24) is 9.13 Å². The van der Waals surface area contributed by atoms with Gasteiger partial charge in [0.05, 0.1) is 10.7 Å². The molecule has 0 fully saturated rings. The van der Waals surface area contributed by atoms with Gasteiger partial charge in [0.25, 0.3) is 0 Å². The number of hydrogen-bond donors (Lipinski definition) is 0. The van der Waals surface area contributed by atoms with Crippen LogP contribution in [0, 0.1) is 0 Å². The zero-order chi connectivity index (χ0) is 29.1. The van der Waals surface area contributed by atoms with E-state index in [-0.39, 0.29) is 34.0 Å². The zero-order valence-electron chi connectivity index (χ0n) is 27.9. The highest BCUT2D eigenvalue weighted by Gasteiger charge is 1.96. The van der Waals surface area contributed by atoms with Crippen LogP contribution in [0.5, 0.6) is 0 Å². The summed E-state index contributed by atoms with van der Waals surface area (Å²) in [4.78, 5) is 9.53. The number of nitrogens with zero attached hydrogens (tertiary/aromatic N) is 4. The lowest BCUT2D eigenvalue weighted by atomic mass is 10.1. The van der Waals surface area contributed by atoms with Gasteiger partial charge in [-0.05, 0) is 49.9 Å². The van der Waals surface area contributed by atoms with Crippen LogP contribution in [0.4, 0.5) is 0 Å². The van der Waals surface area contributed by atoms with Gasteiger partial charge in [-0.1, -0.05) is 123 Å². The van der Waals surface area contributed by atoms with E-state index in [2.05, 4.69) is 72.0 Å². The molecule has 0 unspecified atom stereocenters. The number of halogens is 2. The van der Waals surface area contributed by atoms with Gasteiger partial charge in [-0.3, -0.25) is 9.98 Å². The summed E-state index contributed by atoms with van der Waals surface area (Å²) in [5.41, 5.74) is 0. The second-order valence-electron chi connectivity index (χ2n) is 12.1. The Morgan fingerprint density at radius 3 is 1.00 bits per heavy atom. The standard InChI is InChI=1S/C37H64N4.2BrH/c1-3-5-7-9-11-13-16-20-28-38-36-24-32-40(33-25-36)30-22-18-15-19-23-31-41-34-26-37(27-35-41)39-29-21-17-14-12-10-8-6-4-2;;/h24-27,32-35H,3-23,28-31H2,1-2H3;2*1H. The minimum Gasteiger partial charge on any atom is -0.354 e. The van der Waals surface area contributed by atoms with E-state index in [1.165, 1.54) is 135 Å². The predicted octanol–water partition coefficient (Wildman–Crippen LogP) is 11.2. The van der Waals surface area contributed by atoms with Crippen molar-refractivity contribution in [3.05, 3.63) is 59.8 Å². The zero-order valence-corrected chi connectivity index (χ0v) is 31.3. The molecule has 2 rings (SSSR count). The van der Waals surface area contributed by atoms with Gasteiger partial charge in [0.15, 0.2) is 0 Å². The highest BCUT2D eigenvalue weighted by Crippen LogP contribution is 2.09. The summed E-state index contributed by atoms with van der Waals surface area (Å²) >= 11 is 0. The second-order valence-corrected chi connectivity index (χ2v) is 12.1. The van der Waals surface area contributed by atoms with Gasteiger partial charge >= 0.3 is 0 Å². The van der Waals surface area contributed by atoms with Gasteiger partial charge in [0, 0.05) is 51.0 Å². The van der Waals surface area contributed by atoms with Crippen LogP contribution in [0.25, 0.3) is 0 Å². The molecule has 0 radical (unpaired) electrons. The van der Waals surface area contributed by atoms with E-state index in [0.717, 1.165) is 36.9 Å². The van der Waals surface area contributed by atoms with Gasteiger partial charge < -0.3 is 9.13 Å². The van der Waals surface area contributed by atoms with E-state index in [1.54, 1.807) is 0 Å². The minimum atomic E-state index is 0. The lowest BCUT2D eigenvalue weighted by Crippen LogP contribution is -2.07. The largest absolute Gasteiger partial charge is 0.354 e. The third kappa shape index (κ3) is 23.9. The lowest BCUT2D eigenvalue weighted by Gasteiger charge is -2.07. The van der Waals surface area contributed by atoms with Crippen molar-refractivity contribution in [2.24, 2.45) is 9.98 Å². The van der Waals surface area contributed by atoms with E-state index in [0.29, 0.717) is 0 Å². The normalized spacial score (nSPS) is 10.7. The fourth-order valence-corrected chi connectivity index (χ4v) is 5.43. The Morgan fingerprint density at radius 1 is 0.395 bits per heavy atom. The molecule has 0 aliphatic rings. The molecule has 0 spiro atoms. The molecule has 0 aliphatic carbocycles. The molecule has 0 aliphatic heterocycles. The van der Waals surface area contributed by atoms with E-state index >= 15 is 0 Å². The third-order valence-corrected chi connectivity index (χ3v) is 8.19. The summed E-state index contributed by atoms with van der Waals surface area (Å²) in [6.07, 6.45) is 37.0. The van der Waals surface area contributed by atoms with Crippen LogP contribution >= 0.6 is 34.0 Å². The molecule has 0 amide bonds. The lowest BCUT2D eigenvalue weighted by molar-refractivity contribution is 0.533. The summed E-state index contributed by atoms with van der Waals surface area (Å²) in [6, 6.07) is 8.71. The smallest absolute Gasteiger partial charge is 0.0603 e. The number of unbranched alkanes of at least 4 members (excludes halogenated alkanes) is 18. The number of aryl methyl sites for hydroxylation is 2. The average Bonchev–Trinajstić information content (AvgIpc) is 3.00. The van der Waals surface area contributed by atoms with Crippen molar-refractivity contribution in [2.45, 2.75) is 162 Å². The Kier molecular flexibility index (Phi) is 30.0. The maximum Gasteiger partial charge on any atom is 0.0603 e. The average molecular weight is 727 g/mol. The van der Waals surface area contributed by atoms with Crippen LogP contribution in [0.2, 0.25) is 0 Å². The van der Waals surface area contributed by atoms with Gasteiger partial charge in [0.2, 0.25) is 0 Å². The highest BCUT2D eigenvalue weighted by atomic mass is 79.9. The van der Waals surface area contributed by atoms with Crippen LogP contribution in [-0.4, -0.2) is 22.2 Å². The molecule has 0 atom stereocenters. The Balaban J connectivity index is 0.00000882. The molecule has 2 aromatic rings. The van der Waals surface area contributed by atoms with Crippen molar-refractivity contribution in [2.75, 3.05) is 13.1 Å². The Labute approximate surface area is 286 Å². The minimum absolute atomic E-state index is 0. The molecule has 248 valence electrons. The second kappa shape index (κ2) is 30.9. The molecule has 0 bridgehead atoms. The number of pyridine rings is 2. The Morgan fingerprint density at radius 2 is 0.674 bits per heavy atom. The summed E-state index contributed by atoms with van der Waals surface area (Å²) in [7, 11) is 0. The van der Waals surface area contributed by atoms with E-state index in [4.69, 9.17) is 9.98 Å². The molecule has 2 aromatic heterocycles. The highest BCUT2D eigenvalue weighted by molar-refractivity contribution is 8.93. The summed E-state index contributed by atoms with van der Waals surface area (Å²) in [5.74, 6) is 0. The van der Waals surface area contributed by atoms with Crippen molar-refractivity contribution in [1.29, 1.82) is 0 Å². The number of hydrogen-bond acceptors (Lipinski definition) is 2. The summed E-state index contributed by atoms with van der Waals surface area (Å²) in [5, 5.41) is 2.26. The Bertz CT molecular complexity index is 878. The first kappa shape index (κ1) is 41.9. The molecule has 6 heteroatoms. The topological polar surface area (TPSA) is 34.6 Å². The SMILES string of the molecule is Br.Br.CCCCCCCCCCN=c1ccn(CCCCCCCn2ccc(=NCCCCCCCCCC)cc2)cc1. The first-order valence-corrected chi connectivity index (χ1v) is 17.6. The molecule has 0 saturated heterocycles. The molecule has 0 aromatic carbocycles. The van der Waals surface area contributed by atoms with Crippen LogP contribution < -0.4 is 10.7 Å². The fraction of sp³-hybridized carbons (Fsp3) is 0.730.